The van der Waals surface area contributed by atoms with Crippen molar-refractivity contribution in [3.8, 4) is 0 Å². The molecule has 0 amide bonds. The Morgan fingerprint density at radius 3 is 2.50 bits per heavy atom. The van der Waals surface area contributed by atoms with Gasteiger partial charge in [0.05, 0.1) is 12.7 Å². The third-order valence-corrected chi connectivity index (χ3v) is 3.52. The van der Waals surface area contributed by atoms with Crippen molar-refractivity contribution in [1.82, 2.24) is 0 Å². The van der Waals surface area contributed by atoms with Crippen LogP contribution in [-0.2, 0) is 9.47 Å². The fourth-order valence-corrected chi connectivity index (χ4v) is 2.09. The van der Waals surface area contributed by atoms with Gasteiger partial charge in [0.1, 0.15) is 6.10 Å². The molecule has 0 bridgehead atoms. The maximum atomic E-state index is 9.80. The second kappa shape index (κ2) is 6.55. The molecule has 0 aromatic carbocycles. The Bertz CT molecular complexity index is 197. The highest BCUT2D eigenvalue weighted by Crippen LogP contribution is 2.31. The Kier molecular flexibility index (Phi) is 5.69. The van der Waals surface area contributed by atoms with Crippen molar-refractivity contribution in [2.45, 2.75) is 52.1 Å². The normalized spacial score (nSPS) is 39.9. The zero-order valence-electron chi connectivity index (χ0n) is 10.4. The van der Waals surface area contributed by atoms with Crippen LogP contribution >= 0.6 is 0 Å². The van der Waals surface area contributed by atoms with Gasteiger partial charge in [-0.1, -0.05) is 27.2 Å². The predicted molar refractivity (Wildman–Crippen MR) is 60.9 cm³/mol. The van der Waals surface area contributed by atoms with Gasteiger partial charge in [-0.3, -0.25) is 0 Å². The van der Waals surface area contributed by atoms with Crippen molar-refractivity contribution in [2.75, 3.05) is 13.2 Å². The summed E-state index contributed by atoms with van der Waals surface area (Å²) in [5.41, 5.74) is 0. The van der Waals surface area contributed by atoms with Gasteiger partial charge in [0.25, 0.3) is 0 Å². The summed E-state index contributed by atoms with van der Waals surface area (Å²) in [7, 11) is 0. The molecule has 16 heavy (non-hydrogen) atoms. The molecule has 0 saturated carbocycles. The largest absolute Gasteiger partial charge is 0.394 e. The first-order valence-electron chi connectivity index (χ1n) is 6.17. The molecule has 1 heterocycles. The lowest BCUT2D eigenvalue weighted by Crippen LogP contribution is -2.51. The number of hydrogen-bond donors (Lipinski definition) is 2. The Hall–Kier alpha value is -0.160. The Labute approximate surface area is 97.6 Å². The van der Waals surface area contributed by atoms with Crippen LogP contribution in [0.2, 0.25) is 0 Å². The average Bonchev–Trinajstić information content (AvgIpc) is 2.28. The van der Waals surface area contributed by atoms with Crippen LogP contribution in [0.3, 0.4) is 0 Å². The van der Waals surface area contributed by atoms with Crippen LogP contribution in [0.5, 0.6) is 0 Å². The van der Waals surface area contributed by atoms with Gasteiger partial charge in [-0.15, -0.1) is 0 Å². The Morgan fingerprint density at radius 1 is 1.25 bits per heavy atom. The zero-order valence-corrected chi connectivity index (χ0v) is 10.4. The molecule has 4 nitrogen and oxygen atoms in total. The summed E-state index contributed by atoms with van der Waals surface area (Å²) in [6.45, 7) is 6.76. The maximum absolute atomic E-state index is 9.80. The molecule has 1 saturated heterocycles. The molecule has 1 fully saturated rings. The number of rotatable bonds is 5. The second-order valence-electron chi connectivity index (χ2n) is 4.65. The van der Waals surface area contributed by atoms with E-state index < -0.39 is 6.29 Å². The van der Waals surface area contributed by atoms with E-state index in [-0.39, 0.29) is 30.7 Å². The van der Waals surface area contributed by atoms with E-state index in [0.29, 0.717) is 6.61 Å². The minimum Gasteiger partial charge on any atom is -0.394 e. The quantitative estimate of drug-likeness (QED) is 0.698. The molecule has 2 N–H and O–H groups in total. The third-order valence-electron chi connectivity index (χ3n) is 3.52. The first kappa shape index (κ1) is 13.9. The molecule has 0 radical (unpaired) electrons. The zero-order chi connectivity index (χ0) is 12.1. The second-order valence-corrected chi connectivity index (χ2v) is 4.65. The molecule has 1 rings (SSSR count). The minimum absolute atomic E-state index is 0.0513. The van der Waals surface area contributed by atoms with Gasteiger partial charge in [-0.2, -0.15) is 0 Å². The summed E-state index contributed by atoms with van der Waals surface area (Å²) in [5, 5.41) is 18.9. The molecule has 4 heteroatoms. The summed E-state index contributed by atoms with van der Waals surface area (Å²) in [6.07, 6.45) is 0.598. The van der Waals surface area contributed by atoms with Crippen LogP contribution in [0.15, 0.2) is 0 Å². The number of aliphatic hydroxyl groups excluding tert-OH is 2. The van der Waals surface area contributed by atoms with Gasteiger partial charge >= 0.3 is 0 Å². The van der Waals surface area contributed by atoms with Crippen molar-refractivity contribution >= 4 is 0 Å². The van der Waals surface area contributed by atoms with Crippen molar-refractivity contribution in [1.29, 1.82) is 0 Å². The number of hydrogen-bond acceptors (Lipinski definition) is 4. The first-order valence-corrected chi connectivity index (χ1v) is 6.17. The fourth-order valence-electron chi connectivity index (χ4n) is 2.09. The van der Waals surface area contributed by atoms with Crippen LogP contribution in [-0.4, -0.2) is 41.9 Å². The number of unbranched alkanes of at least 4 members (excludes halogenated alkanes) is 1. The topological polar surface area (TPSA) is 58.9 Å². The molecule has 1 aliphatic heterocycles. The minimum atomic E-state index is -0.916. The van der Waals surface area contributed by atoms with Crippen LogP contribution in [0.25, 0.3) is 0 Å². The molecular weight excluding hydrogens is 208 g/mol. The molecule has 5 atom stereocenters. The molecule has 96 valence electrons. The monoisotopic (exact) mass is 232 g/mol. The summed E-state index contributed by atoms with van der Waals surface area (Å²) >= 11 is 0. The summed E-state index contributed by atoms with van der Waals surface area (Å²) in [6, 6.07) is 0. The highest BCUT2D eigenvalue weighted by atomic mass is 16.6. The first-order chi connectivity index (χ1) is 7.61. The van der Waals surface area contributed by atoms with E-state index in [4.69, 9.17) is 14.6 Å². The standard InChI is InChI=1S/C12H24O4/c1-4-5-6-15-11-9(3)8(2)10(7-13)16-12(11)14/h8-14H,4-7H2,1-3H3/t8-,9?,10?,11+,12+/m0/s1. The van der Waals surface area contributed by atoms with E-state index in [1.54, 1.807) is 0 Å². The molecule has 2 unspecified atom stereocenters. The van der Waals surface area contributed by atoms with Gasteiger partial charge in [0.15, 0.2) is 6.29 Å². The van der Waals surface area contributed by atoms with Gasteiger partial charge < -0.3 is 19.7 Å². The molecule has 0 aromatic rings. The highest BCUT2D eigenvalue weighted by molar-refractivity contribution is 4.84. The SMILES string of the molecule is CCCCO[C@@H]1C(C)[C@H](C)C(CO)O[C@H]1O. The summed E-state index contributed by atoms with van der Waals surface area (Å²) in [4.78, 5) is 0. The summed E-state index contributed by atoms with van der Waals surface area (Å²) in [5.74, 6) is 0.387. The van der Waals surface area contributed by atoms with E-state index in [2.05, 4.69) is 6.92 Å². The predicted octanol–water partition coefficient (Wildman–Crippen LogP) is 1.15. The number of ether oxygens (including phenoxy) is 2. The molecule has 0 spiro atoms. The Morgan fingerprint density at radius 2 is 1.94 bits per heavy atom. The van der Waals surface area contributed by atoms with Crippen LogP contribution in [0.1, 0.15) is 33.6 Å². The van der Waals surface area contributed by atoms with E-state index in [9.17, 15) is 5.11 Å². The average molecular weight is 232 g/mol. The molecule has 0 aromatic heterocycles. The lowest BCUT2D eigenvalue weighted by atomic mass is 9.83. The van der Waals surface area contributed by atoms with Crippen LogP contribution < -0.4 is 0 Å². The molecular formula is C12H24O4. The Balaban J connectivity index is 2.50. The lowest BCUT2D eigenvalue weighted by molar-refractivity contribution is -0.267. The molecule has 1 aliphatic rings. The van der Waals surface area contributed by atoms with E-state index in [1.165, 1.54) is 0 Å². The van der Waals surface area contributed by atoms with Crippen molar-refractivity contribution in [3.63, 3.8) is 0 Å². The van der Waals surface area contributed by atoms with Gasteiger partial charge in [-0.05, 0) is 18.3 Å². The van der Waals surface area contributed by atoms with Crippen LogP contribution in [0, 0.1) is 11.8 Å². The van der Waals surface area contributed by atoms with Crippen LogP contribution in [0.4, 0.5) is 0 Å². The van der Waals surface area contributed by atoms with Crippen molar-refractivity contribution in [3.05, 3.63) is 0 Å². The fraction of sp³-hybridized carbons (Fsp3) is 1.00. The lowest BCUT2D eigenvalue weighted by Gasteiger charge is -2.41. The smallest absolute Gasteiger partial charge is 0.181 e. The summed E-state index contributed by atoms with van der Waals surface area (Å²) < 4.78 is 11.0. The van der Waals surface area contributed by atoms with E-state index >= 15 is 0 Å². The third kappa shape index (κ3) is 3.17. The van der Waals surface area contributed by atoms with Crippen molar-refractivity contribution in [2.24, 2.45) is 11.8 Å². The van der Waals surface area contributed by atoms with Gasteiger partial charge in [0, 0.05) is 6.61 Å². The van der Waals surface area contributed by atoms with E-state index in [0.717, 1.165) is 12.8 Å². The van der Waals surface area contributed by atoms with Gasteiger partial charge in [0.2, 0.25) is 0 Å². The highest BCUT2D eigenvalue weighted by Gasteiger charge is 2.40. The maximum Gasteiger partial charge on any atom is 0.181 e. The van der Waals surface area contributed by atoms with E-state index in [1.807, 2.05) is 13.8 Å². The molecule has 0 aliphatic carbocycles. The van der Waals surface area contributed by atoms with Crippen molar-refractivity contribution < 1.29 is 19.7 Å². The number of aliphatic hydroxyl groups is 2. The van der Waals surface area contributed by atoms with Gasteiger partial charge in [-0.25, -0.2) is 0 Å².